The van der Waals surface area contributed by atoms with Gasteiger partial charge in [-0.2, -0.15) is 0 Å². The highest BCUT2D eigenvalue weighted by atomic mass is 16.6. The molecule has 0 aliphatic heterocycles. The molecular formula is C13H21NO6. The van der Waals surface area contributed by atoms with Crippen LogP contribution in [-0.4, -0.2) is 41.9 Å². The van der Waals surface area contributed by atoms with Gasteiger partial charge in [-0.15, -0.1) is 0 Å². The molecule has 1 rings (SSSR count). The fourth-order valence-electron chi connectivity index (χ4n) is 1.96. The second-order valence-electron chi connectivity index (χ2n) is 5.78. The molecule has 1 aliphatic carbocycles. The third-order valence-corrected chi connectivity index (χ3v) is 3.02. The number of aliphatic carboxylic acids is 1. The lowest BCUT2D eigenvalue weighted by atomic mass is 10.0. The predicted octanol–water partition coefficient (Wildman–Crippen LogP) is 1.17. The number of rotatable bonds is 5. The first-order chi connectivity index (χ1) is 9.13. The van der Waals surface area contributed by atoms with E-state index in [0.29, 0.717) is 0 Å². The maximum atomic E-state index is 11.7. The Hall–Kier alpha value is -1.79. The van der Waals surface area contributed by atoms with Crippen molar-refractivity contribution in [1.82, 2.24) is 5.32 Å². The molecule has 114 valence electrons. The number of amides is 1. The highest BCUT2D eigenvalue weighted by Gasteiger charge is 2.67. The predicted molar refractivity (Wildman–Crippen MR) is 69.0 cm³/mol. The van der Waals surface area contributed by atoms with E-state index in [2.05, 4.69) is 5.32 Å². The summed E-state index contributed by atoms with van der Waals surface area (Å²) in [5, 5.41) is 11.7. The summed E-state index contributed by atoms with van der Waals surface area (Å²) in [7, 11) is 0. The Morgan fingerprint density at radius 3 is 2.40 bits per heavy atom. The standard InChI is InChI=1S/C13H21NO6/c1-5-19-10(17)13(9(15)16)6-8(13)7-14-11(18)20-12(2,3)4/h8H,5-7H2,1-4H3,(H,14,18)(H,15,16)/t8-,13-/m0/s1. The number of esters is 1. The van der Waals surface area contributed by atoms with Gasteiger partial charge in [-0.1, -0.05) is 0 Å². The van der Waals surface area contributed by atoms with Crippen LogP contribution in [-0.2, 0) is 19.1 Å². The van der Waals surface area contributed by atoms with Gasteiger partial charge in [0, 0.05) is 12.5 Å². The molecule has 0 radical (unpaired) electrons. The summed E-state index contributed by atoms with van der Waals surface area (Å²) in [6, 6.07) is 0. The summed E-state index contributed by atoms with van der Waals surface area (Å²) in [6.45, 7) is 6.99. The van der Waals surface area contributed by atoms with E-state index in [-0.39, 0.29) is 19.6 Å². The highest BCUT2D eigenvalue weighted by Crippen LogP contribution is 2.53. The molecule has 1 saturated carbocycles. The zero-order chi connectivity index (χ0) is 15.6. The molecule has 7 nitrogen and oxygen atoms in total. The molecule has 1 amide bonds. The Balaban J connectivity index is 2.53. The first-order valence-electron chi connectivity index (χ1n) is 6.51. The molecule has 0 aromatic carbocycles. The van der Waals surface area contributed by atoms with Crippen LogP contribution >= 0.6 is 0 Å². The number of carbonyl (C=O) groups is 3. The maximum Gasteiger partial charge on any atom is 0.407 e. The summed E-state index contributed by atoms with van der Waals surface area (Å²) < 4.78 is 9.82. The molecule has 1 fully saturated rings. The Bertz CT molecular complexity index is 414. The molecule has 0 aromatic heterocycles. The lowest BCUT2D eigenvalue weighted by Crippen LogP contribution is -2.36. The zero-order valence-electron chi connectivity index (χ0n) is 12.2. The second-order valence-corrected chi connectivity index (χ2v) is 5.78. The molecule has 0 bridgehead atoms. The van der Waals surface area contributed by atoms with Crippen molar-refractivity contribution in [2.24, 2.45) is 11.3 Å². The van der Waals surface area contributed by atoms with E-state index in [4.69, 9.17) is 9.47 Å². The van der Waals surface area contributed by atoms with Gasteiger partial charge in [0.25, 0.3) is 0 Å². The van der Waals surface area contributed by atoms with Crippen LogP contribution in [0.1, 0.15) is 34.1 Å². The molecule has 0 heterocycles. The summed E-state index contributed by atoms with van der Waals surface area (Å²) in [5.74, 6) is -2.43. The van der Waals surface area contributed by atoms with Gasteiger partial charge >= 0.3 is 18.0 Å². The van der Waals surface area contributed by atoms with Gasteiger partial charge < -0.3 is 19.9 Å². The Morgan fingerprint density at radius 1 is 1.35 bits per heavy atom. The van der Waals surface area contributed by atoms with E-state index >= 15 is 0 Å². The van der Waals surface area contributed by atoms with Crippen molar-refractivity contribution in [2.45, 2.75) is 39.7 Å². The second kappa shape index (κ2) is 5.68. The number of ether oxygens (including phenoxy) is 2. The van der Waals surface area contributed by atoms with Gasteiger partial charge in [-0.05, 0) is 34.1 Å². The lowest BCUT2D eigenvalue weighted by molar-refractivity contribution is -0.161. The summed E-state index contributed by atoms with van der Waals surface area (Å²) in [5.41, 5.74) is -2.15. The van der Waals surface area contributed by atoms with Crippen LogP contribution in [0.3, 0.4) is 0 Å². The van der Waals surface area contributed by atoms with E-state index in [9.17, 15) is 19.5 Å². The smallest absolute Gasteiger partial charge is 0.407 e. The van der Waals surface area contributed by atoms with Gasteiger partial charge in [0.05, 0.1) is 6.61 Å². The van der Waals surface area contributed by atoms with Crippen LogP contribution in [0.5, 0.6) is 0 Å². The number of carboxylic acids is 1. The van der Waals surface area contributed by atoms with Crippen LogP contribution in [0.2, 0.25) is 0 Å². The third kappa shape index (κ3) is 3.61. The van der Waals surface area contributed by atoms with E-state index in [1.807, 2.05) is 0 Å². The Morgan fingerprint density at radius 2 is 1.95 bits per heavy atom. The first kappa shape index (κ1) is 16.3. The Kier molecular flexibility index (Phi) is 4.62. The van der Waals surface area contributed by atoms with E-state index in [0.717, 1.165) is 0 Å². The minimum Gasteiger partial charge on any atom is -0.480 e. The quantitative estimate of drug-likeness (QED) is 0.581. The molecule has 1 aliphatic rings. The van der Waals surface area contributed by atoms with Crippen molar-refractivity contribution in [2.75, 3.05) is 13.2 Å². The highest BCUT2D eigenvalue weighted by molar-refractivity contribution is 6.03. The molecule has 20 heavy (non-hydrogen) atoms. The maximum absolute atomic E-state index is 11.7. The molecule has 2 atom stereocenters. The average molecular weight is 287 g/mol. The van der Waals surface area contributed by atoms with Gasteiger partial charge in [-0.3, -0.25) is 9.59 Å². The average Bonchev–Trinajstić information content (AvgIpc) is 3.00. The monoisotopic (exact) mass is 287 g/mol. The molecule has 0 spiro atoms. The van der Waals surface area contributed by atoms with Crippen molar-refractivity contribution >= 4 is 18.0 Å². The number of alkyl carbamates (subject to hydrolysis) is 1. The van der Waals surface area contributed by atoms with Crippen molar-refractivity contribution in [1.29, 1.82) is 0 Å². The topological polar surface area (TPSA) is 102 Å². The van der Waals surface area contributed by atoms with Crippen LogP contribution in [0.4, 0.5) is 4.79 Å². The fourth-order valence-corrected chi connectivity index (χ4v) is 1.96. The third-order valence-electron chi connectivity index (χ3n) is 3.02. The fraction of sp³-hybridized carbons (Fsp3) is 0.769. The normalized spacial score (nSPS) is 24.7. The zero-order valence-corrected chi connectivity index (χ0v) is 12.2. The molecule has 0 unspecified atom stereocenters. The number of nitrogens with one attached hydrogen (secondary N) is 1. The summed E-state index contributed by atoms with van der Waals surface area (Å²) in [6.07, 6.45) is -0.468. The molecule has 2 N–H and O–H groups in total. The van der Waals surface area contributed by atoms with Crippen molar-refractivity contribution in [3.63, 3.8) is 0 Å². The van der Waals surface area contributed by atoms with Crippen LogP contribution in [0.25, 0.3) is 0 Å². The van der Waals surface area contributed by atoms with E-state index < -0.39 is 35.0 Å². The number of hydrogen-bond acceptors (Lipinski definition) is 5. The number of hydrogen-bond donors (Lipinski definition) is 2. The molecular weight excluding hydrogens is 266 g/mol. The van der Waals surface area contributed by atoms with Gasteiger partial charge in [0.15, 0.2) is 5.41 Å². The minimum absolute atomic E-state index is 0.0695. The van der Waals surface area contributed by atoms with Gasteiger partial charge in [-0.25, -0.2) is 4.79 Å². The molecule has 0 aromatic rings. The number of carboxylic acid groups (broad SMARTS) is 1. The van der Waals surface area contributed by atoms with Gasteiger partial charge in [0.2, 0.25) is 0 Å². The van der Waals surface area contributed by atoms with E-state index in [1.54, 1.807) is 27.7 Å². The van der Waals surface area contributed by atoms with E-state index in [1.165, 1.54) is 0 Å². The molecule has 0 saturated heterocycles. The summed E-state index contributed by atoms with van der Waals surface area (Å²) >= 11 is 0. The van der Waals surface area contributed by atoms with Crippen LogP contribution in [0, 0.1) is 11.3 Å². The van der Waals surface area contributed by atoms with Gasteiger partial charge in [0.1, 0.15) is 5.60 Å². The lowest BCUT2D eigenvalue weighted by Gasteiger charge is -2.20. The van der Waals surface area contributed by atoms with Crippen molar-refractivity contribution in [3.05, 3.63) is 0 Å². The van der Waals surface area contributed by atoms with Crippen LogP contribution < -0.4 is 5.32 Å². The largest absolute Gasteiger partial charge is 0.480 e. The first-order valence-corrected chi connectivity index (χ1v) is 6.51. The summed E-state index contributed by atoms with van der Waals surface area (Å²) in [4.78, 5) is 34.4. The Labute approximate surface area is 117 Å². The minimum atomic E-state index is -1.52. The van der Waals surface area contributed by atoms with Crippen molar-refractivity contribution in [3.8, 4) is 0 Å². The SMILES string of the molecule is CCOC(=O)[C@@]1(C(=O)O)C[C@H]1CNC(=O)OC(C)(C)C. The van der Waals surface area contributed by atoms with Crippen LogP contribution in [0.15, 0.2) is 0 Å². The molecule has 7 heteroatoms. The number of carbonyl (C=O) groups excluding carboxylic acids is 2. The van der Waals surface area contributed by atoms with Crippen molar-refractivity contribution < 1.29 is 29.0 Å².